The molecule has 4 nitrogen and oxygen atoms in total. The van der Waals surface area contributed by atoms with Crippen molar-refractivity contribution in [2.45, 2.75) is 62.7 Å². The molecule has 2 fully saturated rings. The molecule has 0 N–H and O–H groups in total. The van der Waals surface area contributed by atoms with E-state index in [1.807, 2.05) is 18.2 Å². The maximum Gasteiger partial charge on any atom is 0.251 e. The molecule has 3 aliphatic rings. The molecule has 0 unspecified atom stereocenters. The van der Waals surface area contributed by atoms with Gasteiger partial charge in [-0.25, -0.2) is 4.79 Å². The van der Waals surface area contributed by atoms with Crippen molar-refractivity contribution in [3.63, 3.8) is 0 Å². The number of ether oxygens (including phenoxy) is 2. The lowest BCUT2D eigenvalue weighted by atomic mass is 9.72. The lowest BCUT2D eigenvalue weighted by Crippen LogP contribution is -2.40. The van der Waals surface area contributed by atoms with Gasteiger partial charge in [0.2, 0.25) is 6.08 Å². The highest BCUT2D eigenvalue weighted by Crippen LogP contribution is 2.50. The fourth-order valence-corrected chi connectivity index (χ4v) is 3.74. The summed E-state index contributed by atoms with van der Waals surface area (Å²) in [7, 11) is 0. The highest BCUT2D eigenvalue weighted by molar-refractivity contribution is 5.49. The number of isocyanates is 1. The molecule has 4 heteroatoms. The SMILES string of the molecule is O=C=NC1(c2ccc3c(c2)OC2(CCCCC2)O3)CCC1. The minimum atomic E-state index is -0.445. The predicted molar refractivity (Wildman–Crippen MR) is 77.2 cm³/mol. The van der Waals surface area contributed by atoms with Crippen molar-refractivity contribution < 1.29 is 14.3 Å². The van der Waals surface area contributed by atoms with Gasteiger partial charge in [-0.15, -0.1) is 0 Å². The van der Waals surface area contributed by atoms with Crippen molar-refractivity contribution in [3.05, 3.63) is 23.8 Å². The van der Waals surface area contributed by atoms with Gasteiger partial charge in [0.1, 0.15) is 0 Å². The van der Waals surface area contributed by atoms with Crippen LogP contribution in [0.1, 0.15) is 56.9 Å². The fraction of sp³-hybridized carbons (Fsp3) is 0.588. The third-order valence-electron chi connectivity index (χ3n) is 5.13. The smallest absolute Gasteiger partial charge is 0.251 e. The van der Waals surface area contributed by atoms with Crippen LogP contribution in [-0.4, -0.2) is 11.9 Å². The molecule has 0 amide bonds. The number of fused-ring (bicyclic) bond motifs is 1. The monoisotopic (exact) mass is 285 g/mol. The second-order valence-electron chi connectivity index (χ2n) is 6.43. The van der Waals surface area contributed by atoms with Crippen LogP contribution in [0.5, 0.6) is 11.5 Å². The molecule has 0 atom stereocenters. The Morgan fingerprint density at radius 2 is 1.71 bits per heavy atom. The van der Waals surface area contributed by atoms with Crippen LogP contribution in [0.3, 0.4) is 0 Å². The fourth-order valence-electron chi connectivity index (χ4n) is 3.74. The van der Waals surface area contributed by atoms with Crippen molar-refractivity contribution in [1.82, 2.24) is 0 Å². The van der Waals surface area contributed by atoms with Gasteiger partial charge in [-0.1, -0.05) is 12.5 Å². The van der Waals surface area contributed by atoms with E-state index in [9.17, 15) is 4.79 Å². The second kappa shape index (κ2) is 4.60. The summed E-state index contributed by atoms with van der Waals surface area (Å²) in [5.74, 6) is 1.19. The molecular weight excluding hydrogens is 266 g/mol. The molecule has 1 spiro atoms. The Morgan fingerprint density at radius 3 is 2.38 bits per heavy atom. The minimum absolute atomic E-state index is 0.373. The van der Waals surface area contributed by atoms with Crippen LogP contribution < -0.4 is 9.47 Å². The third kappa shape index (κ3) is 1.97. The molecule has 1 heterocycles. The normalized spacial score (nSPS) is 24.2. The molecule has 0 saturated heterocycles. The van der Waals surface area contributed by atoms with E-state index in [0.717, 1.165) is 62.0 Å². The van der Waals surface area contributed by atoms with Gasteiger partial charge < -0.3 is 9.47 Å². The summed E-state index contributed by atoms with van der Waals surface area (Å²) < 4.78 is 12.2. The molecule has 4 rings (SSSR count). The summed E-state index contributed by atoms with van der Waals surface area (Å²) in [6.07, 6.45) is 10.1. The molecule has 21 heavy (non-hydrogen) atoms. The minimum Gasteiger partial charge on any atom is -0.448 e. The molecule has 1 aromatic rings. The van der Waals surface area contributed by atoms with Gasteiger partial charge in [0.25, 0.3) is 5.79 Å². The van der Waals surface area contributed by atoms with Gasteiger partial charge in [0.05, 0.1) is 5.54 Å². The molecule has 110 valence electrons. The van der Waals surface area contributed by atoms with E-state index in [-0.39, 0.29) is 5.54 Å². The summed E-state index contributed by atoms with van der Waals surface area (Å²) in [5.41, 5.74) is 0.676. The summed E-state index contributed by atoms with van der Waals surface area (Å²) in [6, 6.07) is 6.00. The quantitative estimate of drug-likeness (QED) is 0.613. The number of rotatable bonds is 2. The number of hydrogen-bond acceptors (Lipinski definition) is 4. The lowest BCUT2D eigenvalue weighted by Gasteiger charge is -2.37. The first-order chi connectivity index (χ1) is 10.3. The first kappa shape index (κ1) is 12.9. The van der Waals surface area contributed by atoms with Crippen molar-refractivity contribution in [2.75, 3.05) is 0 Å². The number of aliphatic imine (C=N–C) groups is 1. The van der Waals surface area contributed by atoms with Crippen molar-refractivity contribution in [2.24, 2.45) is 4.99 Å². The highest BCUT2D eigenvalue weighted by atomic mass is 16.7. The molecule has 0 radical (unpaired) electrons. The molecule has 1 aromatic carbocycles. The number of hydrogen-bond donors (Lipinski definition) is 0. The first-order valence-electron chi connectivity index (χ1n) is 7.87. The molecule has 1 aliphatic heterocycles. The van der Waals surface area contributed by atoms with E-state index >= 15 is 0 Å². The van der Waals surface area contributed by atoms with Crippen LogP contribution in [0.4, 0.5) is 0 Å². The average Bonchev–Trinajstić information content (AvgIpc) is 2.80. The van der Waals surface area contributed by atoms with Gasteiger partial charge in [-0.3, -0.25) is 0 Å². The zero-order chi connectivity index (χ0) is 14.3. The Hall–Kier alpha value is -1.80. The van der Waals surface area contributed by atoms with Crippen LogP contribution in [-0.2, 0) is 10.3 Å². The highest BCUT2D eigenvalue weighted by Gasteiger charge is 2.44. The molecular formula is C17H19NO3. The predicted octanol–water partition coefficient (Wildman–Crippen LogP) is 3.83. The van der Waals surface area contributed by atoms with Crippen LogP contribution in [0.2, 0.25) is 0 Å². The summed E-state index contributed by atoms with van der Waals surface area (Å²) in [6.45, 7) is 0. The number of benzene rings is 1. The van der Waals surface area contributed by atoms with E-state index in [0.29, 0.717) is 0 Å². The molecule has 0 aromatic heterocycles. The van der Waals surface area contributed by atoms with Gasteiger partial charge >= 0.3 is 0 Å². The Bertz CT molecular complexity index is 608. The summed E-state index contributed by atoms with van der Waals surface area (Å²) in [4.78, 5) is 14.8. The van der Waals surface area contributed by atoms with Gasteiger partial charge in [-0.2, -0.15) is 4.99 Å². The molecule has 0 bridgehead atoms. The molecule has 2 aliphatic carbocycles. The van der Waals surface area contributed by atoms with E-state index in [1.165, 1.54) is 6.42 Å². The van der Waals surface area contributed by atoms with Crippen molar-refractivity contribution in [3.8, 4) is 11.5 Å². The average molecular weight is 285 g/mol. The van der Waals surface area contributed by atoms with Crippen LogP contribution in [0.25, 0.3) is 0 Å². The van der Waals surface area contributed by atoms with Gasteiger partial charge in [0.15, 0.2) is 11.5 Å². The van der Waals surface area contributed by atoms with Crippen LogP contribution in [0.15, 0.2) is 23.2 Å². The first-order valence-corrected chi connectivity index (χ1v) is 7.87. The Labute approximate surface area is 124 Å². The summed E-state index contributed by atoms with van der Waals surface area (Å²) >= 11 is 0. The standard InChI is InChI=1S/C17H19NO3/c19-12-18-16(7-4-8-16)13-5-6-14-15(11-13)21-17(20-14)9-2-1-3-10-17/h5-6,11H,1-4,7-10H2. The maximum atomic E-state index is 10.7. The largest absolute Gasteiger partial charge is 0.448 e. The van der Waals surface area contributed by atoms with E-state index in [2.05, 4.69) is 4.99 Å². The van der Waals surface area contributed by atoms with Crippen molar-refractivity contribution >= 4 is 6.08 Å². The maximum absolute atomic E-state index is 10.7. The second-order valence-corrected chi connectivity index (χ2v) is 6.43. The number of carbonyl (C=O) groups excluding carboxylic acids is 1. The van der Waals surface area contributed by atoms with E-state index in [4.69, 9.17) is 9.47 Å². The van der Waals surface area contributed by atoms with Gasteiger partial charge in [0, 0.05) is 12.8 Å². The van der Waals surface area contributed by atoms with Crippen molar-refractivity contribution in [1.29, 1.82) is 0 Å². The summed E-state index contributed by atoms with van der Waals surface area (Å²) in [5, 5.41) is 0. The molecule has 2 saturated carbocycles. The number of nitrogens with zero attached hydrogens (tertiary/aromatic N) is 1. The van der Waals surface area contributed by atoms with Crippen LogP contribution in [0, 0.1) is 0 Å². The Balaban J connectivity index is 1.65. The van der Waals surface area contributed by atoms with E-state index < -0.39 is 5.79 Å². The topological polar surface area (TPSA) is 47.9 Å². The Morgan fingerprint density at radius 1 is 0.952 bits per heavy atom. The third-order valence-corrected chi connectivity index (χ3v) is 5.13. The Kier molecular flexibility index (Phi) is 2.83. The zero-order valence-electron chi connectivity index (χ0n) is 12.1. The van der Waals surface area contributed by atoms with Gasteiger partial charge in [-0.05, 0) is 49.8 Å². The zero-order valence-corrected chi connectivity index (χ0v) is 12.1. The van der Waals surface area contributed by atoms with E-state index in [1.54, 1.807) is 6.08 Å². The lowest BCUT2D eigenvalue weighted by molar-refractivity contribution is -0.105. The van der Waals surface area contributed by atoms with Crippen LogP contribution >= 0.6 is 0 Å².